The normalized spacial score (nSPS) is 36.0. The molecule has 8 heteroatoms. The van der Waals surface area contributed by atoms with Crippen molar-refractivity contribution in [2.24, 2.45) is 28.0 Å². The van der Waals surface area contributed by atoms with Gasteiger partial charge in [0.15, 0.2) is 5.90 Å². The van der Waals surface area contributed by atoms with Gasteiger partial charge >= 0.3 is 5.97 Å². The Morgan fingerprint density at radius 1 is 1.29 bits per heavy atom. The number of hydrogen-bond acceptors (Lipinski definition) is 8. The third-order valence-electron chi connectivity index (χ3n) is 6.99. The number of nitrogens with zero attached hydrogens (tertiary/aromatic N) is 1. The van der Waals surface area contributed by atoms with Gasteiger partial charge in [0, 0.05) is 18.3 Å². The van der Waals surface area contributed by atoms with Gasteiger partial charge in [-0.2, -0.15) is 0 Å². The summed E-state index contributed by atoms with van der Waals surface area (Å²) in [6.07, 6.45) is 5.95. The maximum Gasteiger partial charge on any atom is 0.309 e. The second-order valence-corrected chi connectivity index (χ2v) is 10.4. The molecule has 196 valence electrons. The Morgan fingerprint density at radius 2 is 1.97 bits per heavy atom. The van der Waals surface area contributed by atoms with E-state index < -0.39 is 35.6 Å². The van der Waals surface area contributed by atoms with Crippen molar-refractivity contribution in [1.82, 2.24) is 0 Å². The van der Waals surface area contributed by atoms with Crippen LogP contribution in [0.1, 0.15) is 60.8 Å². The minimum atomic E-state index is -1.25. The van der Waals surface area contributed by atoms with Gasteiger partial charge in [-0.3, -0.25) is 9.59 Å². The molecule has 2 heterocycles. The number of cyclic esters (lactones) is 1. The fraction of sp³-hybridized carbons (Fsp3) is 0.667. The monoisotopic (exact) mass is 490 g/mol. The number of aliphatic hydroxyl groups excluding tert-OH is 2. The maximum absolute atomic E-state index is 13.2. The van der Waals surface area contributed by atoms with Crippen molar-refractivity contribution >= 4 is 17.7 Å². The highest BCUT2D eigenvalue weighted by molar-refractivity contribution is 5.88. The molecule has 2 aliphatic rings. The van der Waals surface area contributed by atoms with Crippen molar-refractivity contribution in [1.29, 1.82) is 0 Å². The van der Waals surface area contributed by atoms with E-state index >= 15 is 0 Å². The van der Waals surface area contributed by atoms with Crippen LogP contribution in [0.4, 0.5) is 0 Å². The average molecular weight is 491 g/mol. The largest absolute Gasteiger partial charge is 0.477 e. The van der Waals surface area contributed by atoms with Crippen molar-refractivity contribution in [3.8, 4) is 0 Å². The summed E-state index contributed by atoms with van der Waals surface area (Å²) in [4.78, 5) is 30.4. The van der Waals surface area contributed by atoms with Gasteiger partial charge in [0.05, 0.1) is 30.6 Å². The lowest BCUT2D eigenvalue weighted by Gasteiger charge is -2.34. The molecule has 0 aromatic heterocycles. The number of hydrogen-bond donors (Lipinski definition) is 3. The van der Waals surface area contributed by atoms with Gasteiger partial charge in [0.25, 0.3) is 0 Å². The number of carbonyl (C=O) groups excluding carboxylic acids is 2. The molecular weight excluding hydrogens is 448 g/mol. The quantitative estimate of drug-likeness (QED) is 0.409. The molecule has 35 heavy (non-hydrogen) atoms. The summed E-state index contributed by atoms with van der Waals surface area (Å²) in [5.74, 6) is -1.33. The zero-order chi connectivity index (χ0) is 26.3. The summed E-state index contributed by atoms with van der Waals surface area (Å²) in [6, 6.07) is -0.197. The van der Waals surface area contributed by atoms with Crippen LogP contribution in [0.15, 0.2) is 40.4 Å². The highest BCUT2D eigenvalue weighted by Gasteiger charge is 2.42. The van der Waals surface area contributed by atoms with Gasteiger partial charge < -0.3 is 25.4 Å². The molecule has 0 fully saturated rings. The van der Waals surface area contributed by atoms with Gasteiger partial charge in [-0.05, 0) is 25.8 Å². The average Bonchev–Trinajstić information content (AvgIpc) is 3.26. The molecule has 2 aliphatic heterocycles. The Kier molecular flexibility index (Phi) is 10.4. The van der Waals surface area contributed by atoms with Gasteiger partial charge in [-0.25, -0.2) is 4.99 Å². The Morgan fingerprint density at radius 3 is 2.60 bits per heavy atom. The molecule has 2 rings (SSSR count). The summed E-state index contributed by atoms with van der Waals surface area (Å²) in [5.41, 5.74) is 6.27. The van der Waals surface area contributed by atoms with Crippen LogP contribution in [0.3, 0.4) is 0 Å². The molecule has 1 unspecified atom stereocenters. The number of aliphatic imine (C=N–C) groups is 1. The summed E-state index contributed by atoms with van der Waals surface area (Å²) in [5, 5.41) is 21.5. The topological polar surface area (TPSA) is 131 Å². The molecule has 8 nitrogen and oxygen atoms in total. The number of allylic oxidation sites excluding steroid dienone is 2. The minimum absolute atomic E-state index is 0.197. The summed E-state index contributed by atoms with van der Waals surface area (Å²) >= 11 is 0. The van der Waals surface area contributed by atoms with Crippen molar-refractivity contribution in [3.63, 3.8) is 0 Å². The predicted octanol–water partition coefficient (Wildman–Crippen LogP) is 2.88. The molecule has 4 N–H and O–H groups in total. The first-order chi connectivity index (χ1) is 16.4. The zero-order valence-corrected chi connectivity index (χ0v) is 21.9. The van der Waals surface area contributed by atoms with Crippen molar-refractivity contribution in [2.75, 3.05) is 13.2 Å². The van der Waals surface area contributed by atoms with E-state index in [1.165, 1.54) is 0 Å². The molecule has 0 saturated heterocycles. The highest BCUT2D eigenvalue weighted by Crippen LogP contribution is 2.31. The SMILES string of the molecule is C/C1=C/C[C@@H](/C(C)=C/C2COC(CN)=N2)OC(=O)C[C@H](O)C(C)(C)C(=O)[C@H](C)[C@@H](O)[C@@H](C)/C=C/C1. The molecule has 0 radical (unpaired) electrons. The van der Waals surface area contributed by atoms with Crippen LogP contribution < -0.4 is 5.73 Å². The van der Waals surface area contributed by atoms with E-state index in [9.17, 15) is 19.8 Å². The van der Waals surface area contributed by atoms with E-state index in [0.29, 0.717) is 25.3 Å². The van der Waals surface area contributed by atoms with Crippen molar-refractivity contribution < 1.29 is 29.3 Å². The number of aliphatic hydroxyl groups is 2. The second-order valence-electron chi connectivity index (χ2n) is 10.4. The second kappa shape index (κ2) is 12.6. The van der Waals surface area contributed by atoms with E-state index in [0.717, 1.165) is 11.1 Å². The third kappa shape index (κ3) is 7.85. The third-order valence-corrected chi connectivity index (χ3v) is 6.99. The number of nitrogens with two attached hydrogens (primary N) is 1. The lowest BCUT2D eigenvalue weighted by atomic mass is 9.73. The molecule has 0 aromatic rings. The fourth-order valence-electron chi connectivity index (χ4n) is 4.33. The van der Waals surface area contributed by atoms with Gasteiger partial charge in [-0.15, -0.1) is 0 Å². The van der Waals surface area contributed by atoms with Crippen LogP contribution >= 0.6 is 0 Å². The van der Waals surface area contributed by atoms with Crippen LogP contribution in [0.25, 0.3) is 0 Å². The van der Waals surface area contributed by atoms with Crippen LogP contribution in [-0.2, 0) is 19.1 Å². The van der Waals surface area contributed by atoms with Crippen LogP contribution in [0, 0.1) is 17.3 Å². The number of Topliss-reactive ketones (excluding diaryl/α,β-unsaturated/α-hetero) is 1. The summed E-state index contributed by atoms with van der Waals surface area (Å²) < 4.78 is 11.2. The first-order valence-corrected chi connectivity index (χ1v) is 12.4. The molecule has 6 atom stereocenters. The molecular formula is C27H42N2O6. The minimum Gasteiger partial charge on any atom is -0.477 e. The Hall–Kier alpha value is -2.29. The number of esters is 1. The smallest absolute Gasteiger partial charge is 0.309 e. The Labute approximate surface area is 209 Å². The zero-order valence-electron chi connectivity index (χ0n) is 21.9. The standard InChI is InChI=1S/C27H42N2O6/c1-16-8-7-9-17(2)25(32)19(4)26(33)27(5,6)22(30)13-24(31)35-21(11-10-16)18(3)12-20-15-34-23(14-28)29-20/h7,9-10,12,17,19-22,25,30,32H,8,11,13-15,28H2,1-6H3/b9-7+,16-10-,18-12+/t17-,19+,20?,21-,22-,25-/m0/s1. The Bertz CT molecular complexity index is 888. The van der Waals surface area contributed by atoms with E-state index in [1.54, 1.807) is 20.8 Å². The molecule has 0 amide bonds. The molecule has 0 bridgehead atoms. The number of rotatable bonds is 3. The van der Waals surface area contributed by atoms with E-state index in [2.05, 4.69) is 4.99 Å². The van der Waals surface area contributed by atoms with E-state index in [1.807, 2.05) is 45.1 Å². The Balaban J connectivity index is 2.34. The van der Waals surface area contributed by atoms with E-state index in [4.69, 9.17) is 15.2 Å². The fourth-order valence-corrected chi connectivity index (χ4v) is 4.33. The highest BCUT2D eigenvalue weighted by atomic mass is 16.5. The van der Waals surface area contributed by atoms with E-state index in [-0.39, 0.29) is 30.7 Å². The van der Waals surface area contributed by atoms with Gasteiger partial charge in [-0.1, -0.05) is 57.6 Å². The summed E-state index contributed by atoms with van der Waals surface area (Å²) in [7, 11) is 0. The number of ketones is 1. The number of ether oxygens (including phenoxy) is 2. The van der Waals surface area contributed by atoms with Gasteiger partial charge in [0.2, 0.25) is 0 Å². The molecule has 0 aromatic carbocycles. The molecule has 0 aliphatic carbocycles. The lowest BCUT2D eigenvalue weighted by molar-refractivity contribution is -0.154. The van der Waals surface area contributed by atoms with Crippen LogP contribution in [-0.4, -0.2) is 65.4 Å². The van der Waals surface area contributed by atoms with Crippen molar-refractivity contribution in [2.45, 2.75) is 85.2 Å². The van der Waals surface area contributed by atoms with Crippen LogP contribution in [0.5, 0.6) is 0 Å². The first kappa shape index (κ1) is 28.9. The first-order valence-electron chi connectivity index (χ1n) is 12.4. The van der Waals surface area contributed by atoms with Crippen molar-refractivity contribution in [3.05, 3.63) is 35.5 Å². The van der Waals surface area contributed by atoms with Crippen LogP contribution in [0.2, 0.25) is 0 Å². The number of carbonyl (C=O) groups is 2. The lowest BCUT2D eigenvalue weighted by Crippen LogP contribution is -2.45. The molecule has 0 saturated carbocycles. The summed E-state index contributed by atoms with van der Waals surface area (Å²) in [6.45, 7) is 11.2. The van der Waals surface area contributed by atoms with Gasteiger partial charge in [0.1, 0.15) is 24.5 Å². The molecule has 0 spiro atoms. The maximum atomic E-state index is 13.2. The predicted molar refractivity (Wildman–Crippen MR) is 136 cm³/mol.